The van der Waals surface area contributed by atoms with Gasteiger partial charge in [0.1, 0.15) is 0 Å². The van der Waals surface area contributed by atoms with Crippen LogP contribution >= 0.6 is 0 Å². The highest BCUT2D eigenvalue weighted by molar-refractivity contribution is 5.89. The van der Waals surface area contributed by atoms with Crippen molar-refractivity contribution in [3.05, 3.63) is 28.7 Å². The zero-order valence-electron chi connectivity index (χ0n) is 12.4. The van der Waals surface area contributed by atoms with E-state index in [1.165, 1.54) is 30.0 Å². The summed E-state index contributed by atoms with van der Waals surface area (Å²) < 4.78 is 1.46. The Kier molecular flexibility index (Phi) is 3.96. The summed E-state index contributed by atoms with van der Waals surface area (Å²) in [4.78, 5) is 27.8. The zero-order valence-corrected chi connectivity index (χ0v) is 12.4. The van der Waals surface area contributed by atoms with E-state index in [1.807, 2.05) is 4.90 Å². The molecule has 2 heterocycles. The van der Waals surface area contributed by atoms with Crippen molar-refractivity contribution in [3.8, 4) is 0 Å². The van der Waals surface area contributed by atoms with Crippen LogP contribution in [0.2, 0.25) is 0 Å². The van der Waals surface area contributed by atoms with Gasteiger partial charge in [0.25, 0.3) is 0 Å². The molecule has 3 rings (SSSR count). The van der Waals surface area contributed by atoms with Gasteiger partial charge in [0.2, 0.25) is 5.56 Å². The number of carbonyl (C=O) groups is 1. The molecule has 21 heavy (non-hydrogen) atoms. The lowest BCUT2D eigenvalue weighted by Gasteiger charge is -2.34. The highest BCUT2D eigenvalue weighted by Crippen LogP contribution is 2.29. The van der Waals surface area contributed by atoms with Crippen molar-refractivity contribution in [1.82, 2.24) is 14.4 Å². The summed E-state index contributed by atoms with van der Waals surface area (Å²) in [7, 11) is 1.68. The molecule has 0 bridgehead atoms. The first-order chi connectivity index (χ1) is 10.1. The minimum absolute atomic E-state index is 0.0818. The van der Waals surface area contributed by atoms with E-state index in [1.54, 1.807) is 19.3 Å². The summed E-state index contributed by atoms with van der Waals surface area (Å²) in [5, 5.41) is 2.86. The van der Waals surface area contributed by atoms with Gasteiger partial charge in [-0.15, -0.1) is 0 Å². The van der Waals surface area contributed by atoms with Crippen LogP contribution in [0.3, 0.4) is 0 Å². The third-order valence-electron chi connectivity index (χ3n) is 4.21. The second-order valence-corrected chi connectivity index (χ2v) is 6.03. The van der Waals surface area contributed by atoms with Gasteiger partial charge in [-0.05, 0) is 24.8 Å². The molecule has 2 aliphatic rings. The number of urea groups is 1. The maximum absolute atomic E-state index is 12.2. The molecule has 0 atom stereocenters. The summed E-state index contributed by atoms with van der Waals surface area (Å²) >= 11 is 0. The van der Waals surface area contributed by atoms with E-state index >= 15 is 0 Å². The molecule has 2 fully saturated rings. The average molecular weight is 290 g/mol. The summed E-state index contributed by atoms with van der Waals surface area (Å²) in [6, 6.07) is 3.02. The number of nitrogens with one attached hydrogen (secondary N) is 1. The third-order valence-corrected chi connectivity index (χ3v) is 4.21. The molecule has 114 valence electrons. The van der Waals surface area contributed by atoms with Crippen LogP contribution < -0.4 is 10.9 Å². The van der Waals surface area contributed by atoms with Crippen LogP contribution in [0.4, 0.5) is 10.5 Å². The molecule has 1 saturated carbocycles. The van der Waals surface area contributed by atoms with E-state index in [9.17, 15) is 9.59 Å². The van der Waals surface area contributed by atoms with Crippen LogP contribution in [0.1, 0.15) is 12.8 Å². The van der Waals surface area contributed by atoms with Crippen molar-refractivity contribution in [3.63, 3.8) is 0 Å². The molecule has 2 amide bonds. The number of anilines is 1. The Bertz CT molecular complexity index is 571. The van der Waals surface area contributed by atoms with Crippen LogP contribution in [-0.2, 0) is 7.05 Å². The number of pyridine rings is 1. The Morgan fingerprint density at radius 1 is 1.24 bits per heavy atom. The van der Waals surface area contributed by atoms with Crippen molar-refractivity contribution < 1.29 is 4.79 Å². The number of piperazine rings is 1. The average Bonchev–Trinajstić information content (AvgIpc) is 3.28. The number of nitrogens with zero attached hydrogens (tertiary/aromatic N) is 3. The first kappa shape index (κ1) is 14.1. The van der Waals surface area contributed by atoms with Gasteiger partial charge >= 0.3 is 6.03 Å². The van der Waals surface area contributed by atoms with Gasteiger partial charge in [0.05, 0.1) is 5.69 Å². The molecule has 1 aromatic rings. The van der Waals surface area contributed by atoms with E-state index in [0.717, 1.165) is 32.1 Å². The lowest BCUT2D eigenvalue weighted by atomic mass is 10.3. The number of aromatic nitrogens is 1. The largest absolute Gasteiger partial charge is 0.322 e. The van der Waals surface area contributed by atoms with E-state index in [-0.39, 0.29) is 11.6 Å². The van der Waals surface area contributed by atoms with Crippen molar-refractivity contribution in [2.45, 2.75) is 12.8 Å². The Hall–Kier alpha value is -1.82. The summed E-state index contributed by atoms with van der Waals surface area (Å²) in [6.07, 6.45) is 4.38. The van der Waals surface area contributed by atoms with Gasteiger partial charge in [-0.3, -0.25) is 9.69 Å². The fraction of sp³-hybridized carbons (Fsp3) is 0.600. The zero-order chi connectivity index (χ0) is 14.8. The summed E-state index contributed by atoms with van der Waals surface area (Å²) in [6.45, 7) is 4.64. The second-order valence-electron chi connectivity index (χ2n) is 6.03. The third kappa shape index (κ3) is 3.64. The minimum Gasteiger partial charge on any atom is -0.322 e. The number of hydrogen-bond acceptors (Lipinski definition) is 3. The van der Waals surface area contributed by atoms with Crippen LogP contribution in [0, 0.1) is 5.92 Å². The van der Waals surface area contributed by atoms with Gasteiger partial charge < -0.3 is 14.8 Å². The van der Waals surface area contributed by atoms with Gasteiger partial charge in [-0.25, -0.2) is 4.79 Å². The van der Waals surface area contributed by atoms with E-state index < -0.39 is 0 Å². The Labute approximate surface area is 124 Å². The number of aryl methyl sites for hydroxylation is 1. The molecule has 0 radical (unpaired) electrons. The summed E-state index contributed by atoms with van der Waals surface area (Å²) in [5.74, 6) is 0.899. The fourth-order valence-electron chi connectivity index (χ4n) is 2.67. The first-order valence-corrected chi connectivity index (χ1v) is 7.57. The van der Waals surface area contributed by atoms with E-state index in [0.29, 0.717) is 5.69 Å². The predicted molar refractivity (Wildman–Crippen MR) is 81.4 cm³/mol. The van der Waals surface area contributed by atoms with Crippen molar-refractivity contribution in [1.29, 1.82) is 0 Å². The van der Waals surface area contributed by atoms with Crippen molar-refractivity contribution >= 4 is 11.7 Å². The Morgan fingerprint density at radius 2 is 1.95 bits per heavy atom. The number of rotatable bonds is 3. The standard InChI is InChI=1S/C15H22N4O2/c1-17-11-13(4-5-14(17)20)16-15(21)19-8-6-18(7-9-19)10-12-2-3-12/h4-5,11-12H,2-3,6-10H2,1H3,(H,16,21). The van der Waals surface area contributed by atoms with E-state index in [2.05, 4.69) is 10.2 Å². The van der Waals surface area contributed by atoms with Crippen LogP contribution in [0.5, 0.6) is 0 Å². The highest BCUT2D eigenvalue weighted by Gasteiger charge is 2.27. The smallest absolute Gasteiger partial charge is 0.321 e. The van der Waals surface area contributed by atoms with Crippen LogP contribution in [0.15, 0.2) is 23.1 Å². The summed E-state index contributed by atoms with van der Waals surface area (Å²) in [5.41, 5.74) is 0.573. The maximum Gasteiger partial charge on any atom is 0.321 e. The maximum atomic E-state index is 12.2. The lowest BCUT2D eigenvalue weighted by Crippen LogP contribution is -2.50. The highest BCUT2D eigenvalue weighted by atomic mass is 16.2. The molecule has 1 aromatic heterocycles. The van der Waals surface area contributed by atoms with Gasteiger partial charge in [-0.2, -0.15) is 0 Å². The lowest BCUT2D eigenvalue weighted by molar-refractivity contribution is 0.144. The van der Waals surface area contributed by atoms with Crippen molar-refractivity contribution in [2.24, 2.45) is 13.0 Å². The van der Waals surface area contributed by atoms with Crippen molar-refractivity contribution in [2.75, 3.05) is 38.0 Å². The molecule has 0 unspecified atom stereocenters. The SMILES string of the molecule is Cn1cc(NC(=O)N2CCN(CC3CC3)CC2)ccc1=O. The van der Waals surface area contributed by atoms with Gasteiger partial charge in [0.15, 0.2) is 0 Å². The minimum atomic E-state index is -0.0836. The monoisotopic (exact) mass is 290 g/mol. The van der Waals surface area contributed by atoms with Crippen LogP contribution in [-0.4, -0.2) is 53.1 Å². The van der Waals surface area contributed by atoms with E-state index in [4.69, 9.17) is 0 Å². The molecule has 1 aliphatic carbocycles. The fourth-order valence-corrected chi connectivity index (χ4v) is 2.67. The molecule has 6 nitrogen and oxygen atoms in total. The Morgan fingerprint density at radius 3 is 2.57 bits per heavy atom. The quantitative estimate of drug-likeness (QED) is 0.901. The topological polar surface area (TPSA) is 57.6 Å². The van der Waals surface area contributed by atoms with Gasteiger partial charge in [0, 0.05) is 52.0 Å². The number of amides is 2. The predicted octanol–water partition coefficient (Wildman–Crippen LogP) is 0.945. The normalized spacial score (nSPS) is 19.6. The Balaban J connectivity index is 1.51. The number of hydrogen-bond donors (Lipinski definition) is 1. The van der Waals surface area contributed by atoms with Gasteiger partial charge in [-0.1, -0.05) is 0 Å². The molecule has 1 saturated heterocycles. The number of carbonyl (C=O) groups excluding carboxylic acids is 1. The first-order valence-electron chi connectivity index (χ1n) is 7.57. The molecule has 0 aromatic carbocycles. The molecule has 1 N–H and O–H groups in total. The molecular formula is C15H22N4O2. The molecule has 1 aliphatic heterocycles. The molecule has 6 heteroatoms. The molecule has 0 spiro atoms. The second kappa shape index (κ2) is 5.89. The van der Waals surface area contributed by atoms with Crippen LogP contribution in [0.25, 0.3) is 0 Å². The molecular weight excluding hydrogens is 268 g/mol.